The first-order valence-electron chi connectivity index (χ1n) is 4.89. The van der Waals surface area contributed by atoms with Gasteiger partial charge in [0.15, 0.2) is 6.04 Å². The van der Waals surface area contributed by atoms with Crippen LogP contribution in [0.3, 0.4) is 0 Å². The molecule has 2 nitrogen and oxygen atoms in total. The van der Waals surface area contributed by atoms with Gasteiger partial charge in [-0.25, -0.2) is 4.79 Å². The van der Waals surface area contributed by atoms with Gasteiger partial charge in [-0.05, 0) is 19.8 Å². The third kappa shape index (κ3) is 4.95. The Morgan fingerprint density at radius 1 is 1.27 bits per heavy atom. The molecule has 0 saturated carbocycles. The molecular weight excluding hydrogens is 207 g/mol. The molecule has 0 aromatic carbocycles. The lowest BCUT2D eigenvalue weighted by Crippen LogP contribution is -2.39. The maximum atomic E-state index is 12.2. The standard InChI is InChI=1S/C10H17F3NO/c1-7(2)5-6-14(8(3)4)9(15)10(11,12)13/h6-8H,5H2,1-4H3/q+1. The monoisotopic (exact) mass is 224 g/mol. The van der Waals surface area contributed by atoms with Crippen LogP contribution in [-0.2, 0) is 4.79 Å². The Balaban J connectivity index is 4.83. The summed E-state index contributed by atoms with van der Waals surface area (Å²) in [6.45, 7) is 6.88. The summed E-state index contributed by atoms with van der Waals surface area (Å²) < 4.78 is 37.3. The number of rotatable bonds is 3. The first-order chi connectivity index (χ1) is 6.66. The lowest BCUT2D eigenvalue weighted by atomic mass is 10.1. The summed E-state index contributed by atoms with van der Waals surface area (Å²) in [7, 11) is 0. The topological polar surface area (TPSA) is 20.1 Å². The SMILES string of the molecule is CC(C)CC=[N+](C(=O)C(F)(F)F)C(C)C. The first kappa shape index (κ1) is 14.1. The van der Waals surface area contributed by atoms with Crippen LogP contribution in [0.4, 0.5) is 13.2 Å². The van der Waals surface area contributed by atoms with E-state index in [4.69, 9.17) is 0 Å². The van der Waals surface area contributed by atoms with E-state index in [0.29, 0.717) is 6.42 Å². The smallest absolute Gasteiger partial charge is 0.209 e. The summed E-state index contributed by atoms with van der Waals surface area (Å²) in [6, 6.07) is -0.474. The van der Waals surface area contributed by atoms with Crippen molar-refractivity contribution in [2.45, 2.75) is 46.3 Å². The maximum absolute atomic E-state index is 12.2. The molecule has 0 spiro atoms. The van der Waals surface area contributed by atoms with Gasteiger partial charge in [-0.1, -0.05) is 13.8 Å². The number of carbonyl (C=O) groups is 1. The van der Waals surface area contributed by atoms with E-state index in [1.54, 1.807) is 13.8 Å². The molecule has 0 rings (SSSR count). The fourth-order valence-corrected chi connectivity index (χ4v) is 0.999. The molecular formula is C10H17F3NO+. The zero-order valence-electron chi connectivity index (χ0n) is 9.43. The summed E-state index contributed by atoms with van der Waals surface area (Å²) in [5.74, 6) is -1.56. The molecule has 0 atom stereocenters. The molecule has 0 aliphatic carbocycles. The van der Waals surface area contributed by atoms with Crippen molar-refractivity contribution in [3.63, 3.8) is 0 Å². The first-order valence-corrected chi connectivity index (χ1v) is 4.89. The summed E-state index contributed by atoms with van der Waals surface area (Å²) in [6.07, 6.45) is -3.01. The molecule has 0 bridgehead atoms. The van der Waals surface area contributed by atoms with Gasteiger partial charge in [0.05, 0.1) is 0 Å². The van der Waals surface area contributed by atoms with Gasteiger partial charge in [0, 0.05) is 6.42 Å². The number of hydrogen-bond acceptors (Lipinski definition) is 1. The molecule has 88 valence electrons. The van der Waals surface area contributed by atoms with Crippen LogP contribution in [0.5, 0.6) is 0 Å². The minimum atomic E-state index is -4.79. The lowest BCUT2D eigenvalue weighted by Gasteiger charge is -2.07. The van der Waals surface area contributed by atoms with E-state index in [-0.39, 0.29) is 5.92 Å². The fourth-order valence-electron chi connectivity index (χ4n) is 0.999. The Bertz CT molecular complexity index is 254. The quantitative estimate of drug-likeness (QED) is 0.533. The van der Waals surface area contributed by atoms with Crippen LogP contribution in [0.15, 0.2) is 0 Å². The van der Waals surface area contributed by atoms with Crippen molar-refractivity contribution >= 4 is 12.1 Å². The summed E-state index contributed by atoms with van der Waals surface area (Å²) in [5.41, 5.74) is 0. The second-order valence-electron chi connectivity index (χ2n) is 4.12. The van der Waals surface area contributed by atoms with Gasteiger partial charge in [-0.3, -0.25) is 0 Å². The number of carbonyl (C=O) groups excluding carboxylic acids is 1. The Morgan fingerprint density at radius 3 is 2.00 bits per heavy atom. The minimum absolute atomic E-state index is 0.229. The second-order valence-corrected chi connectivity index (χ2v) is 4.12. The third-order valence-corrected chi connectivity index (χ3v) is 1.81. The Kier molecular flexibility index (Phi) is 4.97. The van der Waals surface area contributed by atoms with Crippen molar-refractivity contribution in [3.8, 4) is 0 Å². The Hall–Kier alpha value is -0.870. The van der Waals surface area contributed by atoms with Crippen molar-refractivity contribution in [3.05, 3.63) is 0 Å². The zero-order chi connectivity index (χ0) is 12.2. The van der Waals surface area contributed by atoms with Gasteiger partial charge in [-0.15, -0.1) is 0 Å². The van der Waals surface area contributed by atoms with Crippen LogP contribution < -0.4 is 0 Å². The van der Waals surface area contributed by atoms with Gasteiger partial charge < -0.3 is 0 Å². The van der Waals surface area contributed by atoms with Crippen molar-refractivity contribution in [1.29, 1.82) is 0 Å². The third-order valence-electron chi connectivity index (χ3n) is 1.81. The number of nitrogens with zero attached hydrogens (tertiary/aromatic N) is 1. The van der Waals surface area contributed by atoms with E-state index in [0.717, 1.165) is 4.58 Å². The molecule has 5 heteroatoms. The van der Waals surface area contributed by atoms with Crippen molar-refractivity contribution < 1.29 is 22.5 Å². The zero-order valence-corrected chi connectivity index (χ0v) is 9.43. The maximum Gasteiger partial charge on any atom is 0.521 e. The average Bonchev–Trinajstić information content (AvgIpc) is 2.01. The van der Waals surface area contributed by atoms with Crippen molar-refractivity contribution in [2.24, 2.45) is 5.92 Å². The molecule has 0 heterocycles. The van der Waals surface area contributed by atoms with Gasteiger partial charge in [0.1, 0.15) is 6.21 Å². The van der Waals surface area contributed by atoms with Crippen LogP contribution in [0, 0.1) is 5.92 Å². The highest BCUT2D eigenvalue weighted by molar-refractivity contribution is 5.77. The Morgan fingerprint density at radius 2 is 1.73 bits per heavy atom. The number of amides is 1. The van der Waals surface area contributed by atoms with Crippen LogP contribution in [-0.4, -0.2) is 28.9 Å². The van der Waals surface area contributed by atoms with Crippen LogP contribution in [0.1, 0.15) is 34.1 Å². The molecule has 0 radical (unpaired) electrons. The second kappa shape index (κ2) is 5.28. The lowest BCUT2D eigenvalue weighted by molar-refractivity contribution is -0.494. The van der Waals surface area contributed by atoms with Gasteiger partial charge in [-0.2, -0.15) is 17.7 Å². The molecule has 0 unspecified atom stereocenters. The minimum Gasteiger partial charge on any atom is -0.209 e. The largest absolute Gasteiger partial charge is 0.521 e. The molecule has 0 fully saturated rings. The Labute approximate surface area is 87.8 Å². The van der Waals surface area contributed by atoms with E-state index in [9.17, 15) is 18.0 Å². The molecule has 0 N–H and O–H groups in total. The van der Waals surface area contributed by atoms with E-state index < -0.39 is 18.1 Å². The molecule has 0 aromatic heterocycles. The average molecular weight is 224 g/mol. The highest BCUT2D eigenvalue weighted by Crippen LogP contribution is 2.17. The van der Waals surface area contributed by atoms with E-state index in [1.807, 2.05) is 13.8 Å². The molecule has 0 aliphatic heterocycles. The summed E-state index contributed by atoms with van der Waals surface area (Å²) >= 11 is 0. The predicted molar refractivity (Wildman–Crippen MR) is 52.0 cm³/mol. The van der Waals surface area contributed by atoms with E-state index in [1.165, 1.54) is 6.21 Å². The summed E-state index contributed by atoms with van der Waals surface area (Å²) in [5, 5.41) is 0. The summed E-state index contributed by atoms with van der Waals surface area (Å²) in [4.78, 5) is 11.0. The van der Waals surface area contributed by atoms with Crippen molar-refractivity contribution in [2.75, 3.05) is 0 Å². The molecule has 1 amide bonds. The number of halogens is 3. The van der Waals surface area contributed by atoms with Crippen LogP contribution >= 0.6 is 0 Å². The fraction of sp³-hybridized carbons (Fsp3) is 0.800. The van der Waals surface area contributed by atoms with Gasteiger partial charge in [0.25, 0.3) is 0 Å². The van der Waals surface area contributed by atoms with Gasteiger partial charge >= 0.3 is 12.1 Å². The predicted octanol–water partition coefficient (Wildman–Crippen LogP) is 2.61. The normalized spacial score (nSPS) is 13.8. The highest BCUT2D eigenvalue weighted by atomic mass is 19.4. The van der Waals surface area contributed by atoms with Crippen LogP contribution in [0.25, 0.3) is 0 Å². The van der Waals surface area contributed by atoms with E-state index >= 15 is 0 Å². The molecule has 0 aliphatic rings. The van der Waals surface area contributed by atoms with Crippen molar-refractivity contribution in [1.82, 2.24) is 0 Å². The van der Waals surface area contributed by atoms with Crippen LogP contribution in [0.2, 0.25) is 0 Å². The van der Waals surface area contributed by atoms with Gasteiger partial charge in [0.2, 0.25) is 0 Å². The molecule has 15 heavy (non-hydrogen) atoms. The highest BCUT2D eigenvalue weighted by Gasteiger charge is 2.49. The number of alkyl halides is 3. The number of hydrogen-bond donors (Lipinski definition) is 0. The molecule has 0 saturated heterocycles. The van der Waals surface area contributed by atoms with E-state index in [2.05, 4.69) is 0 Å². The molecule has 0 aromatic rings.